The number of pyridine rings is 1. The summed E-state index contributed by atoms with van der Waals surface area (Å²) >= 11 is 0. The van der Waals surface area contributed by atoms with Gasteiger partial charge in [-0.05, 0) is 30.5 Å². The van der Waals surface area contributed by atoms with Crippen molar-refractivity contribution in [2.45, 2.75) is 44.7 Å². The Hall–Kier alpha value is -1.75. The smallest absolute Gasteiger partial charge is 0.240 e. The molecule has 3 rings (SSSR count). The zero-order chi connectivity index (χ0) is 12.9. The van der Waals surface area contributed by atoms with Crippen LogP contribution in [0, 0.1) is 0 Å². The van der Waals surface area contributed by atoms with E-state index in [0.29, 0.717) is 24.9 Å². The van der Waals surface area contributed by atoms with Gasteiger partial charge in [-0.3, -0.25) is 4.98 Å². The number of nitrogens with zero attached hydrogens (tertiary/aromatic N) is 3. The summed E-state index contributed by atoms with van der Waals surface area (Å²) in [7, 11) is 0. The van der Waals surface area contributed by atoms with Crippen LogP contribution in [0.5, 0.6) is 0 Å². The molecule has 0 spiro atoms. The van der Waals surface area contributed by atoms with Gasteiger partial charge in [0.25, 0.3) is 0 Å². The molecule has 0 radical (unpaired) electrons. The monoisotopic (exact) mass is 258 g/mol. The molecule has 0 aliphatic heterocycles. The third kappa shape index (κ3) is 3.38. The van der Waals surface area contributed by atoms with E-state index in [4.69, 9.17) is 4.52 Å². The van der Waals surface area contributed by atoms with E-state index in [1.807, 2.05) is 12.1 Å². The van der Waals surface area contributed by atoms with Crippen LogP contribution in [0.4, 0.5) is 0 Å². The van der Waals surface area contributed by atoms with Crippen molar-refractivity contribution >= 4 is 0 Å². The van der Waals surface area contributed by atoms with E-state index in [0.717, 1.165) is 11.4 Å². The average Bonchev–Trinajstić information content (AvgIpc) is 3.09. The number of aromatic nitrogens is 3. The first kappa shape index (κ1) is 12.3. The normalized spacial score (nSPS) is 16.0. The fourth-order valence-electron chi connectivity index (χ4n) is 2.48. The molecule has 5 heteroatoms. The van der Waals surface area contributed by atoms with E-state index < -0.39 is 0 Å². The van der Waals surface area contributed by atoms with Gasteiger partial charge in [0.1, 0.15) is 0 Å². The average molecular weight is 258 g/mol. The van der Waals surface area contributed by atoms with Gasteiger partial charge < -0.3 is 9.84 Å². The molecule has 1 N–H and O–H groups in total. The largest absolute Gasteiger partial charge is 0.338 e. The lowest BCUT2D eigenvalue weighted by Gasteiger charge is -2.08. The van der Waals surface area contributed by atoms with Crippen molar-refractivity contribution in [2.75, 3.05) is 0 Å². The lowest BCUT2D eigenvalue weighted by molar-refractivity contribution is 0.353. The Kier molecular flexibility index (Phi) is 3.83. The number of nitrogens with one attached hydrogen (secondary N) is 1. The maximum Gasteiger partial charge on any atom is 0.240 e. The molecule has 19 heavy (non-hydrogen) atoms. The summed E-state index contributed by atoms with van der Waals surface area (Å²) < 4.78 is 5.26. The van der Waals surface area contributed by atoms with Crippen molar-refractivity contribution < 1.29 is 4.52 Å². The molecule has 0 aromatic carbocycles. The molecule has 2 heterocycles. The summed E-state index contributed by atoms with van der Waals surface area (Å²) in [6.45, 7) is 0.675. The Balaban J connectivity index is 1.54. The van der Waals surface area contributed by atoms with Gasteiger partial charge in [0.2, 0.25) is 5.89 Å². The second kappa shape index (κ2) is 5.93. The summed E-state index contributed by atoms with van der Waals surface area (Å²) in [5.74, 6) is 1.41. The summed E-state index contributed by atoms with van der Waals surface area (Å²) in [5, 5.41) is 7.48. The fraction of sp³-hybridized carbons (Fsp3) is 0.500. The van der Waals surface area contributed by atoms with Crippen molar-refractivity contribution in [3.8, 4) is 0 Å². The Morgan fingerprint density at radius 2 is 2.00 bits per heavy atom. The first-order valence-electron chi connectivity index (χ1n) is 6.84. The first-order valence-corrected chi connectivity index (χ1v) is 6.84. The van der Waals surface area contributed by atoms with Crippen LogP contribution in [0.25, 0.3) is 0 Å². The molecule has 1 aliphatic rings. The predicted molar refractivity (Wildman–Crippen MR) is 70.4 cm³/mol. The fourth-order valence-corrected chi connectivity index (χ4v) is 2.48. The molecule has 0 atom stereocenters. The van der Waals surface area contributed by atoms with Gasteiger partial charge in [0.15, 0.2) is 5.82 Å². The summed E-state index contributed by atoms with van der Waals surface area (Å²) in [6.07, 6.45) is 9.42. The summed E-state index contributed by atoms with van der Waals surface area (Å²) in [6, 6.07) is 4.55. The van der Waals surface area contributed by atoms with E-state index in [9.17, 15) is 0 Å². The van der Waals surface area contributed by atoms with Gasteiger partial charge >= 0.3 is 0 Å². The molecule has 1 saturated carbocycles. The molecule has 5 nitrogen and oxygen atoms in total. The van der Waals surface area contributed by atoms with Crippen LogP contribution in [0.2, 0.25) is 0 Å². The van der Waals surface area contributed by atoms with Crippen LogP contribution < -0.4 is 5.32 Å². The van der Waals surface area contributed by atoms with E-state index in [1.165, 1.54) is 25.7 Å². The highest BCUT2D eigenvalue weighted by Crippen LogP contribution is 2.18. The second-order valence-corrected chi connectivity index (χ2v) is 5.00. The number of hydrogen-bond acceptors (Lipinski definition) is 5. The van der Waals surface area contributed by atoms with Crippen molar-refractivity contribution in [2.24, 2.45) is 0 Å². The van der Waals surface area contributed by atoms with Gasteiger partial charge in [0, 0.05) is 24.9 Å². The van der Waals surface area contributed by atoms with E-state index >= 15 is 0 Å². The Morgan fingerprint density at radius 3 is 2.79 bits per heavy atom. The molecule has 0 bridgehead atoms. The van der Waals surface area contributed by atoms with Gasteiger partial charge in [-0.1, -0.05) is 18.0 Å². The second-order valence-electron chi connectivity index (χ2n) is 5.00. The third-order valence-corrected chi connectivity index (χ3v) is 3.52. The highest BCUT2D eigenvalue weighted by molar-refractivity contribution is 5.14. The van der Waals surface area contributed by atoms with Gasteiger partial charge in [-0.15, -0.1) is 0 Å². The lowest BCUT2D eigenvalue weighted by atomic mass is 10.2. The molecule has 100 valence electrons. The number of hydrogen-bond donors (Lipinski definition) is 1. The zero-order valence-electron chi connectivity index (χ0n) is 10.9. The number of rotatable bonds is 5. The highest BCUT2D eigenvalue weighted by atomic mass is 16.5. The standard InChI is InChI=1S/C14H18N4O/c1-2-4-12(3-1)16-10-14-17-13(18-19-14)9-11-5-7-15-8-6-11/h5-8,12,16H,1-4,9-10H2. The van der Waals surface area contributed by atoms with Crippen molar-refractivity contribution in [1.29, 1.82) is 0 Å². The maximum absolute atomic E-state index is 5.26. The molecule has 1 aliphatic carbocycles. The zero-order valence-corrected chi connectivity index (χ0v) is 10.9. The quantitative estimate of drug-likeness (QED) is 0.889. The van der Waals surface area contributed by atoms with Crippen molar-refractivity contribution in [3.63, 3.8) is 0 Å². The SMILES string of the molecule is c1cc(Cc2noc(CNC3CCCC3)n2)ccn1. The lowest BCUT2D eigenvalue weighted by Crippen LogP contribution is -2.25. The molecule has 2 aromatic rings. The van der Waals surface area contributed by atoms with E-state index in [-0.39, 0.29) is 0 Å². The van der Waals surface area contributed by atoms with Crippen LogP contribution >= 0.6 is 0 Å². The molecular weight excluding hydrogens is 240 g/mol. The van der Waals surface area contributed by atoms with Gasteiger partial charge in [0.05, 0.1) is 6.54 Å². The van der Waals surface area contributed by atoms with Gasteiger partial charge in [-0.2, -0.15) is 4.98 Å². The predicted octanol–water partition coefficient (Wildman–Crippen LogP) is 2.09. The maximum atomic E-state index is 5.26. The molecule has 0 saturated heterocycles. The van der Waals surface area contributed by atoms with Crippen LogP contribution in [-0.2, 0) is 13.0 Å². The minimum absolute atomic E-state index is 0.621. The van der Waals surface area contributed by atoms with Crippen LogP contribution in [-0.4, -0.2) is 21.2 Å². The Morgan fingerprint density at radius 1 is 1.21 bits per heavy atom. The Bertz CT molecular complexity index is 505. The van der Waals surface area contributed by atoms with E-state index in [1.54, 1.807) is 12.4 Å². The molecule has 0 unspecified atom stereocenters. The molecule has 0 amide bonds. The minimum Gasteiger partial charge on any atom is -0.338 e. The molecule has 2 aromatic heterocycles. The third-order valence-electron chi connectivity index (χ3n) is 3.52. The van der Waals surface area contributed by atoms with Crippen molar-refractivity contribution in [1.82, 2.24) is 20.4 Å². The van der Waals surface area contributed by atoms with Crippen LogP contribution in [0.3, 0.4) is 0 Å². The summed E-state index contributed by atoms with van der Waals surface area (Å²) in [5.41, 5.74) is 1.14. The minimum atomic E-state index is 0.621. The summed E-state index contributed by atoms with van der Waals surface area (Å²) in [4.78, 5) is 8.40. The first-order chi connectivity index (χ1) is 9.40. The molecule has 1 fully saturated rings. The van der Waals surface area contributed by atoms with Crippen LogP contribution in [0.15, 0.2) is 29.0 Å². The van der Waals surface area contributed by atoms with Crippen molar-refractivity contribution in [3.05, 3.63) is 41.8 Å². The van der Waals surface area contributed by atoms with E-state index in [2.05, 4.69) is 20.4 Å². The molecular formula is C14H18N4O. The Labute approximate surface area is 112 Å². The van der Waals surface area contributed by atoms with Crippen LogP contribution in [0.1, 0.15) is 43.0 Å². The van der Waals surface area contributed by atoms with Gasteiger partial charge in [-0.25, -0.2) is 0 Å². The topological polar surface area (TPSA) is 63.8 Å². The highest BCUT2D eigenvalue weighted by Gasteiger charge is 2.15.